The van der Waals surface area contributed by atoms with Crippen molar-refractivity contribution in [2.45, 2.75) is 39.5 Å². The van der Waals surface area contributed by atoms with Crippen molar-refractivity contribution < 1.29 is 14.3 Å². The number of fused-ring (bicyclic) bond motifs is 1. The Labute approximate surface area is 187 Å². The van der Waals surface area contributed by atoms with Gasteiger partial charge in [-0.3, -0.25) is 4.79 Å². The monoisotopic (exact) mass is 436 g/mol. The summed E-state index contributed by atoms with van der Waals surface area (Å²) in [6.07, 6.45) is 3.83. The molecule has 0 saturated heterocycles. The maximum atomic E-state index is 12.6. The fourth-order valence-corrected chi connectivity index (χ4v) is 4.52. The lowest BCUT2D eigenvalue weighted by Gasteiger charge is -2.29. The van der Waals surface area contributed by atoms with E-state index >= 15 is 0 Å². The summed E-state index contributed by atoms with van der Waals surface area (Å²) in [6.45, 7) is 5.51. The van der Waals surface area contributed by atoms with E-state index in [-0.39, 0.29) is 12.5 Å². The van der Waals surface area contributed by atoms with Gasteiger partial charge < -0.3 is 14.4 Å². The van der Waals surface area contributed by atoms with E-state index in [0.717, 1.165) is 59.1 Å². The zero-order chi connectivity index (χ0) is 21.6. The van der Waals surface area contributed by atoms with Gasteiger partial charge in [0, 0.05) is 17.5 Å². The Kier molecular flexibility index (Phi) is 6.87. The molecule has 1 aliphatic rings. The number of carbonyl (C=O) groups is 1. The third-order valence-electron chi connectivity index (χ3n) is 5.34. The fourth-order valence-electron chi connectivity index (χ4n) is 3.61. The van der Waals surface area contributed by atoms with E-state index in [1.165, 1.54) is 5.56 Å². The number of nitrogens with zero attached hydrogens (tertiary/aromatic N) is 2. The first kappa shape index (κ1) is 21.4. The van der Waals surface area contributed by atoms with Crippen molar-refractivity contribution in [2.75, 3.05) is 24.7 Å². The van der Waals surface area contributed by atoms with Crippen LogP contribution in [0.4, 0.5) is 5.69 Å². The minimum absolute atomic E-state index is 0.0260. The topological polar surface area (TPSA) is 51.7 Å². The van der Waals surface area contributed by atoms with Gasteiger partial charge in [-0.2, -0.15) is 0 Å². The van der Waals surface area contributed by atoms with Gasteiger partial charge in [0.05, 0.1) is 23.0 Å². The van der Waals surface area contributed by atoms with Crippen LogP contribution < -0.4 is 14.4 Å². The second kappa shape index (κ2) is 9.96. The van der Waals surface area contributed by atoms with Crippen molar-refractivity contribution in [2.24, 2.45) is 0 Å². The summed E-state index contributed by atoms with van der Waals surface area (Å²) < 4.78 is 11.5. The second-order valence-electron chi connectivity index (χ2n) is 7.59. The van der Waals surface area contributed by atoms with Crippen LogP contribution in [0.25, 0.3) is 11.3 Å². The molecule has 4 rings (SSSR count). The molecule has 1 amide bonds. The van der Waals surface area contributed by atoms with Crippen LogP contribution in [0.5, 0.6) is 11.5 Å². The third kappa shape index (κ3) is 5.07. The number of thiazole rings is 1. The Morgan fingerprint density at radius 3 is 2.77 bits per heavy atom. The molecule has 0 bridgehead atoms. The van der Waals surface area contributed by atoms with E-state index in [4.69, 9.17) is 14.5 Å². The van der Waals surface area contributed by atoms with Gasteiger partial charge in [-0.05, 0) is 61.6 Å². The van der Waals surface area contributed by atoms with Gasteiger partial charge in [0.25, 0.3) is 5.91 Å². The second-order valence-corrected chi connectivity index (χ2v) is 8.54. The number of aromatic nitrogens is 1. The van der Waals surface area contributed by atoms with Crippen molar-refractivity contribution in [1.29, 1.82) is 0 Å². The van der Waals surface area contributed by atoms with E-state index < -0.39 is 0 Å². The lowest BCUT2D eigenvalue weighted by atomic mass is 10.1. The summed E-state index contributed by atoms with van der Waals surface area (Å²) >= 11 is 1.69. The summed E-state index contributed by atoms with van der Waals surface area (Å²) in [5.41, 5.74) is 4.06. The highest BCUT2D eigenvalue weighted by atomic mass is 32.1. The zero-order valence-electron chi connectivity index (χ0n) is 18.1. The molecule has 2 aromatic carbocycles. The predicted octanol–water partition coefficient (Wildman–Crippen LogP) is 5.52. The molecule has 0 fully saturated rings. The van der Waals surface area contributed by atoms with E-state index in [9.17, 15) is 4.79 Å². The van der Waals surface area contributed by atoms with Crippen LogP contribution in [-0.4, -0.2) is 30.6 Å². The highest BCUT2D eigenvalue weighted by Crippen LogP contribution is 2.36. The number of hydrogen-bond acceptors (Lipinski definition) is 5. The molecule has 0 N–H and O–H groups in total. The van der Waals surface area contributed by atoms with Crippen LogP contribution in [0.3, 0.4) is 0 Å². The molecule has 0 spiro atoms. The Morgan fingerprint density at radius 1 is 1.16 bits per heavy atom. The maximum Gasteiger partial charge on any atom is 0.265 e. The molecule has 0 radical (unpaired) electrons. The van der Waals surface area contributed by atoms with Crippen molar-refractivity contribution in [1.82, 2.24) is 4.98 Å². The minimum Gasteiger partial charge on any atom is -0.494 e. The number of rotatable bonds is 9. The van der Waals surface area contributed by atoms with Gasteiger partial charge in [-0.15, -0.1) is 11.3 Å². The molecular weight excluding hydrogens is 408 g/mol. The van der Waals surface area contributed by atoms with Crippen LogP contribution in [0.15, 0.2) is 47.8 Å². The van der Waals surface area contributed by atoms with Gasteiger partial charge >= 0.3 is 0 Å². The van der Waals surface area contributed by atoms with E-state index in [2.05, 4.69) is 31.4 Å². The number of aryl methyl sites for hydroxylation is 2. The van der Waals surface area contributed by atoms with Gasteiger partial charge in [-0.1, -0.05) is 26.0 Å². The molecule has 0 saturated carbocycles. The number of anilines is 1. The molecule has 2 heterocycles. The number of benzene rings is 2. The lowest BCUT2D eigenvalue weighted by Crippen LogP contribution is -2.39. The average molecular weight is 437 g/mol. The van der Waals surface area contributed by atoms with Gasteiger partial charge in [0.15, 0.2) is 6.61 Å². The molecule has 3 aromatic rings. The Hall–Kier alpha value is -2.86. The summed E-state index contributed by atoms with van der Waals surface area (Å²) in [5, 5.41) is 3.23. The Balaban J connectivity index is 1.42. The normalized spacial score (nSPS) is 13.1. The first-order chi connectivity index (χ1) is 15.2. The summed E-state index contributed by atoms with van der Waals surface area (Å²) in [5.74, 6) is 1.57. The van der Waals surface area contributed by atoms with Gasteiger partial charge in [0.1, 0.15) is 11.5 Å². The Bertz CT molecular complexity index is 1030. The molecule has 1 aromatic heterocycles. The van der Waals surface area contributed by atoms with Crippen LogP contribution in [0.2, 0.25) is 0 Å². The van der Waals surface area contributed by atoms with Crippen molar-refractivity contribution in [3.05, 3.63) is 58.4 Å². The first-order valence-electron chi connectivity index (χ1n) is 10.9. The van der Waals surface area contributed by atoms with Crippen LogP contribution in [0, 0.1) is 0 Å². The minimum atomic E-state index is -0.0260. The van der Waals surface area contributed by atoms with Crippen LogP contribution in [0.1, 0.15) is 37.3 Å². The summed E-state index contributed by atoms with van der Waals surface area (Å²) in [6, 6.07) is 14.1. The van der Waals surface area contributed by atoms with E-state index in [0.29, 0.717) is 13.2 Å². The van der Waals surface area contributed by atoms with Crippen molar-refractivity contribution in [3.8, 4) is 22.8 Å². The summed E-state index contributed by atoms with van der Waals surface area (Å²) in [4.78, 5) is 19.1. The van der Waals surface area contributed by atoms with E-state index in [1.807, 2.05) is 35.2 Å². The standard InChI is InChI=1S/C25H28N2O3S/c1-3-6-24-26-21(17-31-24)19-9-12-23-22(15-19)27(25(28)16-30-23)13-5-14-29-20-10-7-18(4-2)8-11-20/h7-12,15,17H,3-6,13-14,16H2,1-2H3. The lowest BCUT2D eigenvalue weighted by molar-refractivity contribution is -0.121. The van der Waals surface area contributed by atoms with Crippen molar-refractivity contribution >= 4 is 22.9 Å². The third-order valence-corrected chi connectivity index (χ3v) is 6.25. The molecule has 1 aliphatic heterocycles. The SMILES string of the molecule is CCCc1nc(-c2ccc3c(c2)N(CCCOc2ccc(CC)cc2)C(=O)CO3)cs1. The predicted molar refractivity (Wildman–Crippen MR) is 125 cm³/mol. The highest BCUT2D eigenvalue weighted by Gasteiger charge is 2.26. The fraction of sp³-hybridized carbons (Fsp3) is 0.360. The molecule has 0 atom stereocenters. The zero-order valence-corrected chi connectivity index (χ0v) is 18.9. The van der Waals surface area contributed by atoms with Crippen LogP contribution >= 0.6 is 11.3 Å². The molecule has 6 heteroatoms. The first-order valence-corrected chi connectivity index (χ1v) is 11.8. The smallest absolute Gasteiger partial charge is 0.265 e. The number of carbonyl (C=O) groups excluding carboxylic acids is 1. The Morgan fingerprint density at radius 2 is 2.00 bits per heavy atom. The molecular formula is C25H28N2O3S. The van der Waals surface area contributed by atoms with Gasteiger partial charge in [0.2, 0.25) is 0 Å². The number of ether oxygens (including phenoxy) is 2. The summed E-state index contributed by atoms with van der Waals surface area (Å²) in [7, 11) is 0. The number of hydrogen-bond donors (Lipinski definition) is 0. The molecule has 5 nitrogen and oxygen atoms in total. The largest absolute Gasteiger partial charge is 0.494 e. The molecule has 162 valence electrons. The van der Waals surface area contributed by atoms with Gasteiger partial charge in [-0.25, -0.2) is 4.98 Å². The quantitative estimate of drug-likeness (QED) is 0.415. The highest BCUT2D eigenvalue weighted by molar-refractivity contribution is 7.09. The van der Waals surface area contributed by atoms with E-state index in [1.54, 1.807) is 11.3 Å². The molecule has 0 aliphatic carbocycles. The maximum absolute atomic E-state index is 12.6. The number of amides is 1. The van der Waals surface area contributed by atoms with Crippen LogP contribution in [-0.2, 0) is 17.6 Å². The molecule has 0 unspecified atom stereocenters. The average Bonchev–Trinajstić information content (AvgIpc) is 3.27. The van der Waals surface area contributed by atoms with Crippen molar-refractivity contribution in [3.63, 3.8) is 0 Å². The molecule has 31 heavy (non-hydrogen) atoms.